The summed E-state index contributed by atoms with van der Waals surface area (Å²) in [5.74, 6) is 0.409. The quantitative estimate of drug-likeness (QED) is 0.127. The van der Waals surface area contributed by atoms with E-state index in [4.69, 9.17) is 19.4 Å². The van der Waals surface area contributed by atoms with E-state index in [0.29, 0.717) is 42.1 Å². The molecule has 304 valence electrons. The number of rotatable bonds is 10. The number of H-pyrrole nitrogens is 2. The van der Waals surface area contributed by atoms with Crippen LogP contribution in [-0.4, -0.2) is 93.1 Å². The maximum absolute atomic E-state index is 13.7. The number of aromatic amines is 2. The van der Waals surface area contributed by atoms with Gasteiger partial charge in [-0.3, -0.25) is 14.4 Å². The lowest BCUT2D eigenvalue weighted by Crippen LogP contribution is -2.51. The molecular weight excluding hydrogens is 741 g/mol. The topological polar surface area (TPSA) is 192 Å². The van der Waals surface area contributed by atoms with Gasteiger partial charge in [0.05, 0.1) is 49.1 Å². The zero-order chi connectivity index (χ0) is 41.2. The molecule has 58 heavy (non-hydrogen) atoms. The van der Waals surface area contributed by atoms with E-state index in [1.165, 1.54) is 14.2 Å². The van der Waals surface area contributed by atoms with Gasteiger partial charge in [-0.1, -0.05) is 58.0 Å². The molecule has 4 heterocycles. The van der Waals surface area contributed by atoms with Crippen molar-refractivity contribution in [3.8, 4) is 22.4 Å². The number of alkyl carbamates (subject to hydrolysis) is 2. The van der Waals surface area contributed by atoms with Crippen molar-refractivity contribution in [3.05, 3.63) is 82.8 Å². The van der Waals surface area contributed by atoms with Crippen LogP contribution in [0.2, 0.25) is 0 Å². The van der Waals surface area contributed by atoms with Gasteiger partial charge in [0.15, 0.2) is 0 Å². The highest BCUT2D eigenvalue weighted by Gasteiger charge is 2.39. The number of carbonyl (C=O) groups is 4. The van der Waals surface area contributed by atoms with Crippen LogP contribution in [0, 0.1) is 11.8 Å². The average Bonchev–Trinajstić information content (AvgIpc) is 4.02. The molecule has 15 heteroatoms. The predicted octanol–water partition coefficient (Wildman–Crippen LogP) is 6.22. The fourth-order valence-corrected chi connectivity index (χ4v) is 8.13. The predicted molar refractivity (Wildman–Crippen MR) is 219 cm³/mol. The molecule has 4 atom stereocenters. The smallest absolute Gasteiger partial charge is 0.407 e. The molecule has 2 saturated heterocycles. The van der Waals surface area contributed by atoms with Crippen molar-refractivity contribution in [2.45, 2.75) is 77.5 Å². The number of hydrogen-bond acceptors (Lipinski definition) is 9. The highest BCUT2D eigenvalue weighted by Crippen LogP contribution is 2.35. The minimum atomic E-state index is -0.783. The number of fused-ring (bicyclic) bond motifs is 2. The first-order valence-corrected chi connectivity index (χ1v) is 19.8. The maximum atomic E-state index is 13.7. The Morgan fingerprint density at radius 3 is 1.79 bits per heavy atom. The van der Waals surface area contributed by atoms with E-state index in [9.17, 15) is 24.0 Å². The molecule has 0 spiro atoms. The van der Waals surface area contributed by atoms with E-state index in [2.05, 4.69) is 44.9 Å². The van der Waals surface area contributed by atoms with E-state index in [0.717, 1.165) is 52.4 Å². The van der Waals surface area contributed by atoms with Crippen LogP contribution in [0.1, 0.15) is 77.1 Å². The molecular formula is C43H50N8O7. The van der Waals surface area contributed by atoms with Gasteiger partial charge >= 0.3 is 12.2 Å². The van der Waals surface area contributed by atoms with Crippen LogP contribution in [0.5, 0.6) is 0 Å². The Balaban J connectivity index is 1.11. The van der Waals surface area contributed by atoms with Gasteiger partial charge in [0.25, 0.3) is 5.56 Å². The molecule has 2 aliphatic rings. The molecule has 2 aromatic heterocycles. The fourth-order valence-electron chi connectivity index (χ4n) is 8.13. The number of methoxy groups -OCH3 is 2. The molecule has 4 unspecified atom stereocenters. The van der Waals surface area contributed by atoms with Gasteiger partial charge in [-0.2, -0.15) is 0 Å². The molecule has 0 saturated carbocycles. The fraction of sp³-hybridized carbons (Fsp3) is 0.419. The summed E-state index contributed by atoms with van der Waals surface area (Å²) in [4.78, 5) is 84.1. The summed E-state index contributed by atoms with van der Waals surface area (Å²) in [5, 5.41) is 7.84. The van der Waals surface area contributed by atoms with Gasteiger partial charge in [0, 0.05) is 18.7 Å². The molecule has 2 aliphatic heterocycles. The number of likely N-dealkylation sites (tertiary alicyclic amines) is 2. The summed E-state index contributed by atoms with van der Waals surface area (Å²) in [7, 11) is 2.54. The molecule has 4 amide bonds. The third kappa shape index (κ3) is 7.98. The Kier molecular flexibility index (Phi) is 11.5. The molecule has 0 bridgehead atoms. The Morgan fingerprint density at radius 2 is 1.22 bits per heavy atom. The molecule has 2 fully saturated rings. The number of nitrogens with zero attached hydrogens (tertiary/aromatic N) is 4. The minimum Gasteiger partial charge on any atom is -0.453 e. The van der Waals surface area contributed by atoms with Gasteiger partial charge in [-0.25, -0.2) is 19.6 Å². The molecule has 15 nitrogen and oxygen atoms in total. The second-order valence-corrected chi connectivity index (χ2v) is 15.7. The van der Waals surface area contributed by atoms with Crippen LogP contribution in [0.3, 0.4) is 0 Å². The van der Waals surface area contributed by atoms with E-state index in [1.54, 1.807) is 22.1 Å². The molecule has 4 N–H and O–H groups in total. The molecule has 0 aliphatic carbocycles. The highest BCUT2D eigenvalue weighted by molar-refractivity contribution is 5.92. The van der Waals surface area contributed by atoms with Crippen molar-refractivity contribution in [3.63, 3.8) is 0 Å². The lowest BCUT2D eigenvalue weighted by Gasteiger charge is -2.30. The van der Waals surface area contributed by atoms with E-state index >= 15 is 0 Å². The number of ether oxygens (including phenoxy) is 2. The Labute approximate surface area is 335 Å². The first-order chi connectivity index (χ1) is 27.9. The first-order valence-electron chi connectivity index (χ1n) is 19.8. The normalized spacial score (nSPS) is 17.9. The minimum absolute atomic E-state index is 0.122. The largest absolute Gasteiger partial charge is 0.453 e. The van der Waals surface area contributed by atoms with Gasteiger partial charge < -0.3 is 39.9 Å². The number of aromatic nitrogens is 4. The van der Waals surface area contributed by atoms with Crippen LogP contribution in [-0.2, 0) is 19.1 Å². The third-order valence-corrected chi connectivity index (χ3v) is 11.3. The SMILES string of the molecule is COC(=O)NC(C(=O)N1CCCC1c1ncc(-c2ccc3cc(-c4ccc5c(=O)[nH]c(C6CCCN6C(=O)C(NC(=O)OC)C(C)C)nc5c4)ccc3c2)[nH]1)C(C)C. The van der Waals surface area contributed by atoms with Crippen LogP contribution < -0.4 is 16.2 Å². The Hall–Kier alpha value is -6.25. The van der Waals surface area contributed by atoms with Gasteiger partial charge in [-0.15, -0.1) is 0 Å². The molecule has 0 radical (unpaired) electrons. The second kappa shape index (κ2) is 16.7. The number of carbonyl (C=O) groups excluding carboxylic acids is 4. The summed E-state index contributed by atoms with van der Waals surface area (Å²) >= 11 is 0. The number of nitrogens with one attached hydrogen (secondary N) is 4. The number of imidazole rings is 1. The lowest BCUT2D eigenvalue weighted by atomic mass is 9.98. The van der Waals surface area contributed by atoms with Gasteiger partial charge in [0.2, 0.25) is 11.8 Å². The zero-order valence-corrected chi connectivity index (χ0v) is 33.6. The number of benzene rings is 3. The highest BCUT2D eigenvalue weighted by atomic mass is 16.5. The summed E-state index contributed by atoms with van der Waals surface area (Å²) in [6.45, 7) is 8.55. The van der Waals surface area contributed by atoms with Crippen molar-refractivity contribution in [1.82, 2.24) is 40.4 Å². The third-order valence-electron chi connectivity index (χ3n) is 11.3. The molecule has 7 rings (SSSR count). The van der Waals surface area contributed by atoms with Gasteiger partial charge in [-0.05, 0) is 83.7 Å². The maximum Gasteiger partial charge on any atom is 0.407 e. The summed E-state index contributed by atoms with van der Waals surface area (Å²) in [6.07, 6.45) is 3.43. The van der Waals surface area contributed by atoms with Crippen molar-refractivity contribution in [2.75, 3.05) is 27.3 Å². The van der Waals surface area contributed by atoms with Crippen molar-refractivity contribution >= 4 is 45.7 Å². The average molecular weight is 791 g/mol. The Morgan fingerprint density at radius 1 is 0.707 bits per heavy atom. The van der Waals surface area contributed by atoms with E-state index in [1.807, 2.05) is 52.0 Å². The standard InChI is InChI=1S/C43H50N8O7/c1-23(2)35(47-42(55)57-5)40(53)50-17-7-9-33(50)37-44-22-32(46-37)29-14-13-25-19-26(11-12-27(25)20-29)28-15-16-30-31(21-28)45-38(49-39(30)52)34-10-8-18-51(34)41(54)36(24(3)4)48-43(56)58-6/h11-16,19-24,33-36H,7-10,17-18H2,1-6H3,(H,44,46)(H,47,55)(H,48,56)(H,45,49,52). The summed E-state index contributed by atoms with van der Waals surface area (Å²) in [6, 6.07) is 15.8. The van der Waals surface area contributed by atoms with Crippen molar-refractivity contribution in [1.29, 1.82) is 0 Å². The summed E-state index contributed by atoms with van der Waals surface area (Å²) < 4.78 is 9.52. The van der Waals surface area contributed by atoms with Gasteiger partial charge in [0.1, 0.15) is 23.7 Å². The van der Waals surface area contributed by atoms with E-state index < -0.39 is 30.3 Å². The summed E-state index contributed by atoms with van der Waals surface area (Å²) in [5.41, 5.74) is 3.86. The second-order valence-electron chi connectivity index (χ2n) is 15.7. The van der Waals surface area contributed by atoms with Crippen LogP contribution in [0.4, 0.5) is 9.59 Å². The number of amides is 4. The van der Waals surface area contributed by atoms with Crippen LogP contribution >= 0.6 is 0 Å². The number of hydrogen-bond donors (Lipinski definition) is 4. The first kappa shape index (κ1) is 40.0. The lowest BCUT2D eigenvalue weighted by molar-refractivity contribution is -0.136. The molecule has 5 aromatic rings. The van der Waals surface area contributed by atoms with E-state index in [-0.39, 0.29) is 35.3 Å². The monoisotopic (exact) mass is 790 g/mol. The van der Waals surface area contributed by atoms with Crippen molar-refractivity contribution in [2.24, 2.45) is 11.8 Å². The Bertz CT molecular complexity index is 2420. The van der Waals surface area contributed by atoms with Crippen LogP contribution in [0.25, 0.3) is 44.1 Å². The zero-order valence-electron chi connectivity index (χ0n) is 33.6. The molecule has 3 aromatic carbocycles. The van der Waals surface area contributed by atoms with Crippen molar-refractivity contribution < 1.29 is 28.7 Å². The van der Waals surface area contributed by atoms with Crippen LogP contribution in [0.15, 0.2) is 65.6 Å².